The molecule has 1 aromatic carbocycles. The summed E-state index contributed by atoms with van der Waals surface area (Å²) in [6.45, 7) is 1.92. The number of carboxylic acids is 1. The minimum absolute atomic E-state index is 0.0655. The molecule has 18 heavy (non-hydrogen) atoms. The fourth-order valence-corrected chi connectivity index (χ4v) is 1.68. The topological polar surface area (TPSA) is 59.4 Å². The van der Waals surface area contributed by atoms with Crippen molar-refractivity contribution in [1.82, 2.24) is 4.98 Å². The molecule has 0 aliphatic carbocycles. The van der Waals surface area contributed by atoms with Gasteiger partial charge >= 0.3 is 5.97 Å². The lowest BCUT2D eigenvalue weighted by molar-refractivity contribution is 0.0696. The van der Waals surface area contributed by atoms with E-state index in [1.807, 2.05) is 13.0 Å². The van der Waals surface area contributed by atoms with Crippen LogP contribution >= 0.6 is 11.6 Å². The van der Waals surface area contributed by atoms with Gasteiger partial charge in [-0.2, -0.15) is 0 Å². The van der Waals surface area contributed by atoms with Crippen molar-refractivity contribution in [3.63, 3.8) is 0 Å². The Labute approximate surface area is 109 Å². The molecule has 0 amide bonds. The third kappa shape index (κ3) is 2.78. The molecule has 0 aliphatic heterocycles. The molecule has 2 aromatic rings. The van der Waals surface area contributed by atoms with Gasteiger partial charge in [-0.1, -0.05) is 17.7 Å². The van der Waals surface area contributed by atoms with Gasteiger partial charge in [0.15, 0.2) is 0 Å². The molecule has 2 rings (SSSR count). The molecular formula is C13H10ClNO3. The predicted octanol–water partition coefficient (Wildman–Crippen LogP) is 3.53. The minimum Gasteiger partial charge on any atom is -0.478 e. The van der Waals surface area contributed by atoms with Gasteiger partial charge in [-0.25, -0.2) is 4.79 Å². The van der Waals surface area contributed by atoms with Crippen LogP contribution < -0.4 is 4.74 Å². The van der Waals surface area contributed by atoms with Gasteiger partial charge < -0.3 is 9.84 Å². The Balaban J connectivity index is 2.28. The number of aromatic nitrogens is 1. The molecule has 0 unspecified atom stereocenters. The lowest BCUT2D eigenvalue weighted by Crippen LogP contribution is -1.97. The number of carbonyl (C=O) groups is 1. The lowest BCUT2D eigenvalue weighted by atomic mass is 10.2. The summed E-state index contributed by atoms with van der Waals surface area (Å²) in [5.74, 6) is -0.254. The van der Waals surface area contributed by atoms with E-state index in [0.717, 1.165) is 5.56 Å². The van der Waals surface area contributed by atoms with Gasteiger partial charge in [0.2, 0.25) is 0 Å². The molecule has 92 valence electrons. The maximum atomic E-state index is 10.8. The van der Waals surface area contributed by atoms with Gasteiger partial charge in [-0.15, -0.1) is 0 Å². The van der Waals surface area contributed by atoms with Crippen LogP contribution in [0.15, 0.2) is 36.7 Å². The van der Waals surface area contributed by atoms with E-state index in [-0.39, 0.29) is 5.56 Å². The molecule has 1 N–H and O–H groups in total. The number of hydrogen-bond acceptors (Lipinski definition) is 3. The van der Waals surface area contributed by atoms with E-state index in [1.54, 1.807) is 12.1 Å². The van der Waals surface area contributed by atoms with Crippen molar-refractivity contribution >= 4 is 17.6 Å². The highest BCUT2D eigenvalue weighted by atomic mass is 35.5. The normalized spacial score (nSPS) is 10.1. The molecule has 0 radical (unpaired) electrons. The highest BCUT2D eigenvalue weighted by Crippen LogP contribution is 2.29. The van der Waals surface area contributed by atoms with Crippen molar-refractivity contribution in [3.8, 4) is 11.5 Å². The highest BCUT2D eigenvalue weighted by Gasteiger charge is 2.07. The zero-order valence-corrected chi connectivity index (χ0v) is 10.3. The molecule has 0 saturated carbocycles. The Bertz CT molecular complexity index is 599. The zero-order chi connectivity index (χ0) is 13.1. The van der Waals surface area contributed by atoms with E-state index in [4.69, 9.17) is 21.4 Å². The highest BCUT2D eigenvalue weighted by molar-refractivity contribution is 6.32. The molecule has 5 heteroatoms. The first kappa shape index (κ1) is 12.4. The summed E-state index contributed by atoms with van der Waals surface area (Å²) in [5.41, 5.74) is 1.08. The second kappa shape index (κ2) is 5.06. The number of rotatable bonds is 3. The molecule has 1 aromatic heterocycles. The summed E-state index contributed by atoms with van der Waals surface area (Å²) in [6, 6.07) is 6.75. The summed E-state index contributed by atoms with van der Waals surface area (Å²) in [6.07, 6.45) is 2.69. The second-order valence-electron chi connectivity index (χ2n) is 3.75. The van der Waals surface area contributed by atoms with Crippen LogP contribution in [-0.2, 0) is 0 Å². The van der Waals surface area contributed by atoms with Crippen LogP contribution in [0.25, 0.3) is 0 Å². The maximum absolute atomic E-state index is 10.8. The monoisotopic (exact) mass is 263 g/mol. The standard InChI is InChI=1S/C13H10ClNO3/c1-8-2-3-12(11(14)4-8)18-10-5-9(13(16)17)6-15-7-10/h2-7H,1H3,(H,16,17). The Hall–Kier alpha value is -2.07. The van der Waals surface area contributed by atoms with Crippen molar-refractivity contribution < 1.29 is 14.6 Å². The Morgan fingerprint density at radius 1 is 1.33 bits per heavy atom. The first-order valence-electron chi connectivity index (χ1n) is 5.18. The molecule has 0 spiro atoms. The maximum Gasteiger partial charge on any atom is 0.337 e. The quantitative estimate of drug-likeness (QED) is 0.920. The summed E-state index contributed by atoms with van der Waals surface area (Å²) >= 11 is 6.02. The van der Waals surface area contributed by atoms with E-state index in [0.29, 0.717) is 16.5 Å². The second-order valence-corrected chi connectivity index (χ2v) is 4.16. The molecule has 0 saturated heterocycles. The summed E-state index contributed by atoms with van der Waals surface area (Å²) in [7, 11) is 0. The third-order valence-electron chi connectivity index (χ3n) is 2.28. The van der Waals surface area contributed by atoms with Crippen molar-refractivity contribution in [3.05, 3.63) is 52.8 Å². The van der Waals surface area contributed by atoms with Gasteiger partial charge in [0.25, 0.3) is 0 Å². The van der Waals surface area contributed by atoms with Crippen LogP contribution in [-0.4, -0.2) is 16.1 Å². The number of halogens is 1. The van der Waals surface area contributed by atoms with E-state index in [1.165, 1.54) is 18.5 Å². The van der Waals surface area contributed by atoms with E-state index in [9.17, 15) is 4.79 Å². The summed E-state index contributed by atoms with van der Waals surface area (Å²) in [4.78, 5) is 14.6. The first-order valence-corrected chi connectivity index (χ1v) is 5.56. The number of benzene rings is 1. The summed E-state index contributed by atoms with van der Waals surface area (Å²) in [5, 5.41) is 9.31. The number of nitrogens with zero attached hydrogens (tertiary/aromatic N) is 1. The van der Waals surface area contributed by atoms with E-state index >= 15 is 0 Å². The largest absolute Gasteiger partial charge is 0.478 e. The smallest absolute Gasteiger partial charge is 0.337 e. The SMILES string of the molecule is Cc1ccc(Oc2cncc(C(=O)O)c2)c(Cl)c1. The van der Waals surface area contributed by atoms with Gasteiger partial charge in [0.1, 0.15) is 11.5 Å². The number of pyridine rings is 1. The predicted molar refractivity (Wildman–Crippen MR) is 67.5 cm³/mol. The molecular weight excluding hydrogens is 254 g/mol. The number of ether oxygens (including phenoxy) is 1. The molecule has 0 atom stereocenters. The summed E-state index contributed by atoms with van der Waals surface area (Å²) < 4.78 is 5.50. The van der Waals surface area contributed by atoms with Crippen LogP contribution in [0.1, 0.15) is 15.9 Å². The van der Waals surface area contributed by atoms with Gasteiger partial charge in [0.05, 0.1) is 16.8 Å². The number of aromatic carboxylic acids is 1. The van der Waals surface area contributed by atoms with Crippen LogP contribution in [0.3, 0.4) is 0 Å². The molecule has 1 heterocycles. The van der Waals surface area contributed by atoms with E-state index in [2.05, 4.69) is 4.98 Å². The Kier molecular flexibility index (Phi) is 3.48. The molecule has 0 fully saturated rings. The van der Waals surface area contributed by atoms with Gasteiger partial charge in [-0.05, 0) is 30.7 Å². The zero-order valence-electron chi connectivity index (χ0n) is 9.55. The molecule has 0 bridgehead atoms. The fraction of sp³-hybridized carbons (Fsp3) is 0.0769. The Morgan fingerprint density at radius 2 is 2.11 bits per heavy atom. The van der Waals surface area contributed by atoms with Crippen LogP contribution in [0, 0.1) is 6.92 Å². The van der Waals surface area contributed by atoms with Gasteiger partial charge in [0, 0.05) is 6.20 Å². The van der Waals surface area contributed by atoms with Crippen LogP contribution in [0.2, 0.25) is 5.02 Å². The van der Waals surface area contributed by atoms with Crippen LogP contribution in [0.5, 0.6) is 11.5 Å². The number of carboxylic acid groups (broad SMARTS) is 1. The third-order valence-corrected chi connectivity index (χ3v) is 2.57. The first-order chi connectivity index (χ1) is 8.56. The van der Waals surface area contributed by atoms with Crippen molar-refractivity contribution in [2.24, 2.45) is 0 Å². The molecule has 0 aliphatic rings. The van der Waals surface area contributed by atoms with E-state index < -0.39 is 5.97 Å². The number of hydrogen-bond donors (Lipinski definition) is 1. The molecule has 4 nitrogen and oxygen atoms in total. The van der Waals surface area contributed by atoms with Crippen LogP contribution in [0.4, 0.5) is 0 Å². The fourth-order valence-electron chi connectivity index (χ4n) is 1.41. The lowest BCUT2D eigenvalue weighted by Gasteiger charge is -2.08. The van der Waals surface area contributed by atoms with Crippen molar-refractivity contribution in [2.45, 2.75) is 6.92 Å². The Morgan fingerprint density at radius 3 is 2.78 bits per heavy atom. The van der Waals surface area contributed by atoms with Crippen molar-refractivity contribution in [1.29, 1.82) is 0 Å². The van der Waals surface area contributed by atoms with Crippen molar-refractivity contribution in [2.75, 3.05) is 0 Å². The number of aryl methyl sites for hydroxylation is 1. The average Bonchev–Trinajstić information content (AvgIpc) is 2.33. The minimum atomic E-state index is -1.05. The average molecular weight is 264 g/mol. The van der Waals surface area contributed by atoms with Gasteiger partial charge in [-0.3, -0.25) is 4.98 Å².